The third kappa shape index (κ3) is 4.05. The fourth-order valence-electron chi connectivity index (χ4n) is 3.25. The molecule has 0 saturated carbocycles. The number of nitrogens with zero attached hydrogens (tertiary/aromatic N) is 1. The number of rotatable bonds is 5. The molecule has 0 bridgehead atoms. The molecule has 1 fully saturated rings. The summed E-state index contributed by atoms with van der Waals surface area (Å²) in [6, 6.07) is 13.1. The minimum Gasteiger partial charge on any atom is -0.286 e. The molecule has 2 aromatic carbocycles. The van der Waals surface area contributed by atoms with E-state index in [2.05, 4.69) is 4.72 Å². The van der Waals surface area contributed by atoms with E-state index >= 15 is 0 Å². The van der Waals surface area contributed by atoms with Crippen LogP contribution in [0.25, 0.3) is 11.1 Å². The zero-order valence-corrected chi connectivity index (χ0v) is 16.4. The van der Waals surface area contributed by atoms with Gasteiger partial charge in [-0.05, 0) is 42.5 Å². The maximum atomic E-state index is 12.6. The molecule has 2 N–H and O–H groups in total. The van der Waals surface area contributed by atoms with Crippen molar-refractivity contribution in [3.05, 3.63) is 54.1 Å². The summed E-state index contributed by atoms with van der Waals surface area (Å²) >= 11 is 0. The highest BCUT2D eigenvalue weighted by Gasteiger charge is 2.42. The van der Waals surface area contributed by atoms with Crippen LogP contribution in [0.2, 0.25) is 0 Å². The molecular formula is C20H24N2O4S. The fraction of sp³-hybridized carbons (Fsp3) is 0.350. The average molecular weight is 388 g/mol. The van der Waals surface area contributed by atoms with Crippen LogP contribution in [0, 0.1) is 12.8 Å². The smallest absolute Gasteiger partial charge is 0.264 e. The van der Waals surface area contributed by atoms with Gasteiger partial charge in [-0.2, -0.15) is 4.72 Å². The van der Waals surface area contributed by atoms with Crippen molar-refractivity contribution in [3.8, 4) is 11.1 Å². The van der Waals surface area contributed by atoms with E-state index < -0.39 is 28.0 Å². The number of benzene rings is 2. The molecule has 27 heavy (non-hydrogen) atoms. The molecule has 1 aliphatic heterocycles. The first-order valence-corrected chi connectivity index (χ1v) is 10.4. The largest absolute Gasteiger partial charge is 0.286 e. The zero-order chi connectivity index (χ0) is 19.8. The van der Waals surface area contributed by atoms with Crippen LogP contribution in [-0.4, -0.2) is 36.7 Å². The minimum absolute atomic E-state index is 0.0299. The molecule has 1 heterocycles. The maximum Gasteiger partial charge on any atom is 0.264 e. The van der Waals surface area contributed by atoms with E-state index in [1.165, 1.54) is 12.1 Å². The molecule has 6 nitrogen and oxygen atoms in total. The van der Waals surface area contributed by atoms with Gasteiger partial charge in [-0.25, -0.2) is 13.5 Å². The Labute approximate surface area is 159 Å². The summed E-state index contributed by atoms with van der Waals surface area (Å²) in [6.45, 7) is 5.76. The summed E-state index contributed by atoms with van der Waals surface area (Å²) in [5.41, 5.74) is 3.06. The third-order valence-electron chi connectivity index (χ3n) is 4.93. The van der Waals surface area contributed by atoms with Crippen LogP contribution >= 0.6 is 0 Å². The molecule has 2 aromatic rings. The summed E-state index contributed by atoms with van der Waals surface area (Å²) in [5.74, 6) is -0.587. The summed E-state index contributed by atoms with van der Waals surface area (Å²) in [4.78, 5) is 12.2. The van der Waals surface area contributed by atoms with Crippen LogP contribution in [0.5, 0.6) is 0 Å². The number of sulfonamides is 1. The highest BCUT2D eigenvalue weighted by atomic mass is 32.2. The summed E-state index contributed by atoms with van der Waals surface area (Å²) < 4.78 is 27.7. The van der Waals surface area contributed by atoms with Gasteiger partial charge in [0.2, 0.25) is 10.0 Å². The molecule has 0 unspecified atom stereocenters. The Morgan fingerprint density at radius 1 is 1.04 bits per heavy atom. The molecule has 0 spiro atoms. The van der Waals surface area contributed by atoms with Crippen molar-refractivity contribution in [1.82, 2.24) is 9.79 Å². The first kappa shape index (κ1) is 19.5. The number of carbonyl (C=O) groups is 1. The Kier molecular flexibility index (Phi) is 5.37. The van der Waals surface area contributed by atoms with Gasteiger partial charge in [0.15, 0.2) is 0 Å². The van der Waals surface area contributed by atoms with E-state index in [0.29, 0.717) is 5.06 Å². The third-order valence-corrected chi connectivity index (χ3v) is 6.42. The maximum absolute atomic E-state index is 12.6. The predicted molar refractivity (Wildman–Crippen MR) is 103 cm³/mol. The van der Waals surface area contributed by atoms with Crippen LogP contribution in [0.3, 0.4) is 0 Å². The lowest BCUT2D eigenvalue weighted by atomic mass is 10.0. The monoisotopic (exact) mass is 388 g/mol. The first-order chi connectivity index (χ1) is 12.7. The average Bonchev–Trinajstić information content (AvgIpc) is 2.91. The standard InChI is InChI=1S/C20H24N2O4S/c1-13(2)19-12-18(20(23)22(19)24)21-27(25,26)17-10-8-16(9-11-17)15-6-4-14(3)5-7-15/h4-11,13,18-19,21,24H,12H2,1-3H3/t18-,19+/m1/s1. The molecule has 1 aliphatic rings. The van der Waals surface area contributed by atoms with Gasteiger partial charge in [-0.3, -0.25) is 10.0 Å². The molecule has 7 heteroatoms. The van der Waals surface area contributed by atoms with Crippen molar-refractivity contribution in [2.75, 3.05) is 0 Å². The second kappa shape index (κ2) is 7.42. The first-order valence-electron chi connectivity index (χ1n) is 8.90. The molecule has 1 amide bonds. The van der Waals surface area contributed by atoms with Crippen LogP contribution < -0.4 is 4.72 Å². The van der Waals surface area contributed by atoms with Gasteiger partial charge in [0, 0.05) is 0 Å². The molecule has 0 aliphatic carbocycles. The van der Waals surface area contributed by atoms with Crippen molar-refractivity contribution in [3.63, 3.8) is 0 Å². The minimum atomic E-state index is -3.86. The Morgan fingerprint density at radius 3 is 2.04 bits per heavy atom. The summed E-state index contributed by atoms with van der Waals surface area (Å²) in [5, 5.41) is 10.5. The highest BCUT2D eigenvalue weighted by Crippen LogP contribution is 2.26. The van der Waals surface area contributed by atoms with Gasteiger partial charge >= 0.3 is 0 Å². The number of nitrogens with one attached hydrogen (secondary N) is 1. The van der Waals surface area contributed by atoms with Crippen LogP contribution in [0.1, 0.15) is 25.8 Å². The Morgan fingerprint density at radius 2 is 1.56 bits per heavy atom. The van der Waals surface area contributed by atoms with E-state index in [1.54, 1.807) is 12.1 Å². The van der Waals surface area contributed by atoms with E-state index in [-0.39, 0.29) is 17.2 Å². The van der Waals surface area contributed by atoms with E-state index in [4.69, 9.17) is 0 Å². The number of hydrogen-bond donors (Lipinski definition) is 2. The van der Waals surface area contributed by atoms with Crippen molar-refractivity contribution in [2.24, 2.45) is 5.92 Å². The number of carbonyl (C=O) groups excluding carboxylic acids is 1. The SMILES string of the molecule is Cc1ccc(-c2ccc(S(=O)(=O)N[C@@H]3C[C@@H](C(C)C)N(O)C3=O)cc2)cc1. The fourth-order valence-corrected chi connectivity index (χ4v) is 4.45. The lowest BCUT2D eigenvalue weighted by molar-refractivity contribution is -0.169. The van der Waals surface area contributed by atoms with E-state index in [0.717, 1.165) is 16.7 Å². The van der Waals surface area contributed by atoms with Gasteiger partial charge in [-0.15, -0.1) is 0 Å². The van der Waals surface area contributed by atoms with Gasteiger partial charge in [0.05, 0.1) is 10.9 Å². The Hall–Kier alpha value is -2.22. The molecule has 2 atom stereocenters. The molecule has 0 radical (unpaired) electrons. The Bertz CT molecular complexity index is 921. The molecule has 144 valence electrons. The second-order valence-electron chi connectivity index (χ2n) is 7.29. The lowest BCUT2D eigenvalue weighted by Gasteiger charge is -2.20. The van der Waals surface area contributed by atoms with Crippen molar-refractivity contribution < 1.29 is 18.4 Å². The zero-order valence-electron chi connectivity index (χ0n) is 15.6. The predicted octanol–water partition coefficient (Wildman–Crippen LogP) is 2.96. The lowest BCUT2D eigenvalue weighted by Crippen LogP contribution is -2.41. The highest BCUT2D eigenvalue weighted by molar-refractivity contribution is 7.89. The summed E-state index contributed by atoms with van der Waals surface area (Å²) in [6.07, 6.45) is 0.244. The molecular weight excluding hydrogens is 364 g/mol. The number of hydroxylamine groups is 2. The summed E-state index contributed by atoms with van der Waals surface area (Å²) in [7, 11) is -3.86. The Balaban J connectivity index is 1.77. The van der Waals surface area contributed by atoms with Crippen LogP contribution in [0.15, 0.2) is 53.4 Å². The van der Waals surface area contributed by atoms with Gasteiger partial charge in [-0.1, -0.05) is 55.8 Å². The normalized spacial score (nSPS) is 20.5. The number of aryl methyl sites for hydroxylation is 1. The second-order valence-corrected chi connectivity index (χ2v) is 9.01. The van der Waals surface area contributed by atoms with Crippen LogP contribution in [-0.2, 0) is 14.8 Å². The topological polar surface area (TPSA) is 86.7 Å². The molecule has 1 saturated heterocycles. The van der Waals surface area contributed by atoms with Crippen LogP contribution in [0.4, 0.5) is 0 Å². The van der Waals surface area contributed by atoms with E-state index in [1.807, 2.05) is 45.0 Å². The van der Waals surface area contributed by atoms with Gasteiger partial charge in [0.25, 0.3) is 5.91 Å². The van der Waals surface area contributed by atoms with E-state index in [9.17, 15) is 18.4 Å². The van der Waals surface area contributed by atoms with Crippen molar-refractivity contribution in [1.29, 1.82) is 0 Å². The number of hydrogen-bond acceptors (Lipinski definition) is 4. The van der Waals surface area contributed by atoms with Gasteiger partial charge in [0.1, 0.15) is 6.04 Å². The number of amides is 1. The van der Waals surface area contributed by atoms with Gasteiger partial charge < -0.3 is 0 Å². The molecule has 3 rings (SSSR count). The quantitative estimate of drug-likeness (QED) is 0.771. The van der Waals surface area contributed by atoms with Crippen molar-refractivity contribution in [2.45, 2.75) is 44.2 Å². The van der Waals surface area contributed by atoms with Crippen molar-refractivity contribution >= 4 is 15.9 Å². The molecule has 0 aromatic heterocycles.